The van der Waals surface area contributed by atoms with Crippen molar-refractivity contribution in [3.63, 3.8) is 0 Å². The first kappa shape index (κ1) is 19.3. The predicted molar refractivity (Wildman–Crippen MR) is 84.9 cm³/mol. The zero-order valence-electron chi connectivity index (χ0n) is 14.6. The summed E-state index contributed by atoms with van der Waals surface area (Å²) in [6, 6.07) is 0. The molecule has 8 heteroatoms. The molecule has 2 aliphatic heterocycles. The van der Waals surface area contributed by atoms with Gasteiger partial charge in [0.2, 0.25) is 0 Å². The van der Waals surface area contributed by atoms with Gasteiger partial charge in [-0.2, -0.15) is 0 Å². The Hall–Kier alpha value is -0.0100. The Kier molecular flexibility index (Phi) is 7.04. The summed E-state index contributed by atoms with van der Waals surface area (Å²) in [6.07, 6.45) is 1.32. The molecule has 7 atom stereocenters. The van der Waals surface area contributed by atoms with E-state index in [4.69, 9.17) is 28.0 Å². The van der Waals surface area contributed by atoms with Gasteiger partial charge in [-0.05, 0) is 13.8 Å². The number of rotatable bonds is 8. The molecule has 0 radical (unpaired) electrons. The summed E-state index contributed by atoms with van der Waals surface area (Å²) in [5.74, 6) is 0. The fourth-order valence-electron chi connectivity index (χ4n) is 3.09. The van der Waals surface area contributed by atoms with E-state index in [1.54, 1.807) is 14.2 Å². The Bertz CT molecular complexity index is 385. The van der Waals surface area contributed by atoms with E-state index in [-0.39, 0.29) is 49.8 Å². The molecule has 0 aliphatic carbocycles. The smallest absolute Gasteiger partial charge is 0.327 e. The SMILES string of the molecule is COC1CC(C)OC1COP(C)(=O)OC[C@H]1O[C@@H](C)C[C@H]1OC. The number of hydrogen-bond acceptors (Lipinski definition) is 7. The van der Waals surface area contributed by atoms with Gasteiger partial charge in [-0.1, -0.05) is 0 Å². The normalized spacial score (nSPS) is 40.4. The summed E-state index contributed by atoms with van der Waals surface area (Å²) in [5, 5.41) is 0. The summed E-state index contributed by atoms with van der Waals surface area (Å²) < 4.78 is 45.6. The van der Waals surface area contributed by atoms with Crippen LogP contribution < -0.4 is 0 Å². The van der Waals surface area contributed by atoms with Crippen LogP contribution in [0.1, 0.15) is 26.7 Å². The van der Waals surface area contributed by atoms with Crippen LogP contribution in [-0.2, 0) is 32.6 Å². The quantitative estimate of drug-likeness (QED) is 0.620. The van der Waals surface area contributed by atoms with Crippen molar-refractivity contribution in [2.24, 2.45) is 0 Å². The van der Waals surface area contributed by atoms with E-state index in [9.17, 15) is 4.57 Å². The molecule has 0 aromatic carbocycles. The molecule has 2 saturated heterocycles. The van der Waals surface area contributed by atoms with Crippen molar-refractivity contribution in [1.82, 2.24) is 0 Å². The zero-order chi connectivity index (χ0) is 17.0. The maximum absolute atomic E-state index is 12.4. The minimum atomic E-state index is -3.18. The molecule has 2 heterocycles. The maximum Gasteiger partial charge on any atom is 0.327 e. The third-order valence-electron chi connectivity index (χ3n) is 4.32. The van der Waals surface area contributed by atoms with Gasteiger partial charge in [0, 0.05) is 33.7 Å². The van der Waals surface area contributed by atoms with Crippen molar-refractivity contribution >= 4 is 7.60 Å². The van der Waals surface area contributed by atoms with Crippen LogP contribution in [0.2, 0.25) is 0 Å². The van der Waals surface area contributed by atoms with Crippen molar-refractivity contribution in [2.45, 2.75) is 63.3 Å². The molecule has 0 saturated carbocycles. The van der Waals surface area contributed by atoms with Gasteiger partial charge in [0.05, 0.1) is 37.6 Å². The Balaban J connectivity index is 1.77. The highest BCUT2D eigenvalue weighted by Crippen LogP contribution is 2.45. The van der Waals surface area contributed by atoms with Gasteiger partial charge in [-0.15, -0.1) is 0 Å². The summed E-state index contributed by atoms with van der Waals surface area (Å²) in [7, 11) is 0.105. The molecule has 0 aromatic rings. The fourth-order valence-corrected chi connectivity index (χ4v) is 4.00. The van der Waals surface area contributed by atoms with E-state index in [0.29, 0.717) is 0 Å². The van der Waals surface area contributed by atoms with Gasteiger partial charge in [0.1, 0.15) is 12.2 Å². The number of methoxy groups -OCH3 is 2. The van der Waals surface area contributed by atoms with Gasteiger partial charge in [-0.3, -0.25) is 4.57 Å². The average Bonchev–Trinajstić information content (AvgIpc) is 3.05. The molecule has 136 valence electrons. The first-order valence-corrected chi connectivity index (χ1v) is 10.1. The number of ether oxygens (including phenoxy) is 4. The third-order valence-corrected chi connectivity index (χ3v) is 5.56. The minimum Gasteiger partial charge on any atom is -0.379 e. The monoisotopic (exact) mass is 352 g/mol. The van der Waals surface area contributed by atoms with Gasteiger partial charge in [0.15, 0.2) is 0 Å². The van der Waals surface area contributed by atoms with Crippen LogP contribution in [0.5, 0.6) is 0 Å². The molecule has 0 N–H and O–H groups in total. The number of hydrogen-bond donors (Lipinski definition) is 0. The van der Waals surface area contributed by atoms with E-state index in [1.165, 1.54) is 6.66 Å². The second-order valence-electron chi connectivity index (χ2n) is 6.35. The molecule has 2 aliphatic rings. The highest BCUT2D eigenvalue weighted by Gasteiger charge is 2.37. The first-order valence-electron chi connectivity index (χ1n) is 8.07. The molecule has 0 aromatic heterocycles. The van der Waals surface area contributed by atoms with Gasteiger partial charge in [0.25, 0.3) is 0 Å². The lowest BCUT2D eigenvalue weighted by Gasteiger charge is -2.22. The van der Waals surface area contributed by atoms with E-state index >= 15 is 0 Å². The second-order valence-corrected chi connectivity index (χ2v) is 8.41. The topological polar surface area (TPSA) is 72.5 Å². The molecule has 23 heavy (non-hydrogen) atoms. The van der Waals surface area contributed by atoms with Crippen LogP contribution in [0.25, 0.3) is 0 Å². The Morgan fingerprint density at radius 1 is 0.913 bits per heavy atom. The predicted octanol–water partition coefficient (Wildman–Crippen LogP) is 2.23. The summed E-state index contributed by atoms with van der Waals surface area (Å²) in [5.41, 5.74) is 0. The van der Waals surface area contributed by atoms with Crippen LogP contribution >= 0.6 is 7.60 Å². The second kappa shape index (κ2) is 8.39. The lowest BCUT2D eigenvalue weighted by molar-refractivity contribution is -0.0380. The van der Waals surface area contributed by atoms with Crippen LogP contribution in [0.4, 0.5) is 0 Å². The maximum atomic E-state index is 12.4. The van der Waals surface area contributed by atoms with Gasteiger partial charge in [-0.25, -0.2) is 0 Å². The van der Waals surface area contributed by atoms with Crippen LogP contribution in [-0.4, -0.2) is 70.7 Å². The standard InChI is InChI=1S/C15H29O7P/c1-10-6-12(17-3)14(21-10)8-19-23(5,16)20-9-15-13(18-4)7-11(2)22-15/h10-15H,6-9H2,1-5H3/t10-,11?,12+,13?,14+,15?,23?/m0/s1. The molecule has 0 spiro atoms. The molecular weight excluding hydrogens is 323 g/mol. The van der Waals surface area contributed by atoms with Gasteiger partial charge < -0.3 is 28.0 Å². The summed E-state index contributed by atoms with van der Waals surface area (Å²) >= 11 is 0. The van der Waals surface area contributed by atoms with E-state index < -0.39 is 7.60 Å². The van der Waals surface area contributed by atoms with E-state index in [2.05, 4.69) is 0 Å². The van der Waals surface area contributed by atoms with Crippen molar-refractivity contribution < 1.29 is 32.6 Å². The zero-order valence-corrected chi connectivity index (χ0v) is 15.5. The molecule has 2 fully saturated rings. The van der Waals surface area contributed by atoms with Crippen molar-refractivity contribution in [2.75, 3.05) is 34.1 Å². The first-order chi connectivity index (χ1) is 10.8. The van der Waals surface area contributed by atoms with Crippen LogP contribution in [0, 0.1) is 0 Å². The average molecular weight is 352 g/mol. The highest BCUT2D eigenvalue weighted by molar-refractivity contribution is 7.52. The minimum absolute atomic E-state index is 0.0399. The van der Waals surface area contributed by atoms with Gasteiger partial charge >= 0.3 is 7.60 Å². The largest absolute Gasteiger partial charge is 0.379 e. The van der Waals surface area contributed by atoms with Crippen LogP contribution in [0.3, 0.4) is 0 Å². The van der Waals surface area contributed by atoms with E-state index in [0.717, 1.165) is 12.8 Å². The van der Waals surface area contributed by atoms with Crippen LogP contribution in [0.15, 0.2) is 0 Å². The summed E-state index contributed by atoms with van der Waals surface area (Å²) in [6.45, 7) is 5.81. The lowest BCUT2D eigenvalue weighted by atomic mass is 10.1. The highest BCUT2D eigenvalue weighted by atomic mass is 31.2. The third kappa shape index (κ3) is 5.49. The molecule has 0 bridgehead atoms. The Morgan fingerprint density at radius 3 is 1.65 bits per heavy atom. The van der Waals surface area contributed by atoms with Crippen molar-refractivity contribution in [3.05, 3.63) is 0 Å². The lowest BCUT2D eigenvalue weighted by Crippen LogP contribution is -2.29. The van der Waals surface area contributed by atoms with Crippen molar-refractivity contribution in [1.29, 1.82) is 0 Å². The molecule has 2 rings (SSSR count). The molecule has 0 amide bonds. The molecule has 4 unspecified atom stereocenters. The molecular formula is C15H29O7P. The molecule has 7 nitrogen and oxygen atoms in total. The van der Waals surface area contributed by atoms with Crippen molar-refractivity contribution in [3.8, 4) is 0 Å². The fraction of sp³-hybridized carbons (Fsp3) is 1.00. The Labute approximate surface area is 138 Å². The van der Waals surface area contributed by atoms with E-state index in [1.807, 2.05) is 13.8 Å². The summed E-state index contributed by atoms with van der Waals surface area (Å²) in [4.78, 5) is 0. The Morgan fingerprint density at radius 2 is 1.30 bits per heavy atom.